The van der Waals surface area contributed by atoms with Crippen LogP contribution in [-0.4, -0.2) is 5.54 Å². The zero-order chi connectivity index (χ0) is 15.0. The van der Waals surface area contributed by atoms with Gasteiger partial charge in [-0.3, -0.25) is 5.14 Å². The first kappa shape index (κ1) is 14.9. The van der Waals surface area contributed by atoms with Crippen molar-refractivity contribution in [1.82, 2.24) is 0 Å². The van der Waals surface area contributed by atoms with Gasteiger partial charge in [0.1, 0.15) is 5.75 Å². The summed E-state index contributed by atoms with van der Waals surface area (Å²) in [6.45, 7) is 4.16. The Balaban J connectivity index is 1.97. The zero-order valence-corrected chi connectivity index (χ0v) is 13.6. The van der Waals surface area contributed by atoms with E-state index in [0.717, 1.165) is 29.9 Å². The fourth-order valence-electron chi connectivity index (χ4n) is 3.60. The summed E-state index contributed by atoms with van der Waals surface area (Å²) in [5.41, 5.74) is 9.25. The van der Waals surface area contributed by atoms with E-state index in [1.165, 1.54) is 29.5 Å². The predicted octanol–water partition coefficient (Wildman–Crippen LogP) is 3.41. The lowest BCUT2D eigenvalue weighted by atomic mass is 9.83. The number of hydrogen-bond acceptors (Lipinski definition) is 4. The van der Waals surface area contributed by atoms with Crippen LogP contribution < -0.4 is 15.6 Å². The topological polar surface area (TPSA) is 61.3 Å². The normalized spacial score (nSPS) is 31.2. The monoisotopic (exact) mass is 304 g/mol. The fraction of sp³-hybridized carbons (Fsp3) is 0.529. The summed E-state index contributed by atoms with van der Waals surface area (Å²) in [6, 6.07) is 4.22. The highest BCUT2D eigenvalue weighted by atomic mass is 32.2. The summed E-state index contributed by atoms with van der Waals surface area (Å²) in [7, 11) is 0. The highest BCUT2D eigenvalue weighted by Crippen LogP contribution is 2.51. The summed E-state index contributed by atoms with van der Waals surface area (Å²) >= 11 is 1.31. The molecule has 0 heterocycles. The van der Waals surface area contributed by atoms with E-state index in [0.29, 0.717) is 11.8 Å². The summed E-state index contributed by atoms with van der Waals surface area (Å²) in [5.74, 6) is 2.25. The molecular formula is C17H24N2OS. The molecule has 0 spiro atoms. The maximum atomic E-state index is 6.49. The first-order chi connectivity index (χ1) is 10.1. The molecule has 21 heavy (non-hydrogen) atoms. The summed E-state index contributed by atoms with van der Waals surface area (Å²) in [5, 5.41) is 5.94. The molecule has 1 saturated carbocycles. The van der Waals surface area contributed by atoms with Gasteiger partial charge in [-0.05, 0) is 80.5 Å². The molecule has 3 nitrogen and oxygen atoms in total. The predicted molar refractivity (Wildman–Crippen MR) is 88.1 cm³/mol. The highest BCUT2D eigenvalue weighted by molar-refractivity contribution is 7.97. The lowest BCUT2D eigenvalue weighted by molar-refractivity contribution is 0.351. The second-order valence-electron chi connectivity index (χ2n) is 6.55. The average Bonchev–Trinajstić information content (AvgIpc) is 3.22. The Labute approximate surface area is 131 Å². The van der Waals surface area contributed by atoms with E-state index in [2.05, 4.69) is 13.0 Å². The molecule has 0 radical (unpaired) electrons. The van der Waals surface area contributed by atoms with Gasteiger partial charge in [-0.25, -0.2) is 0 Å². The van der Waals surface area contributed by atoms with Gasteiger partial charge >= 0.3 is 0 Å². The van der Waals surface area contributed by atoms with Crippen molar-refractivity contribution < 1.29 is 4.74 Å². The number of fused-ring (bicyclic) bond motifs is 2. The minimum absolute atomic E-state index is 0.0154. The van der Waals surface area contributed by atoms with Gasteiger partial charge in [-0.1, -0.05) is 12.1 Å². The SMILES string of the molecule is C/C=C/Oc1ccc2c(c1SN)CC1CC1C(C)(N)CC2. The number of allylic oxidation sites excluding steroid dienone is 1. The van der Waals surface area contributed by atoms with Gasteiger partial charge in [-0.15, -0.1) is 0 Å². The standard InChI is InChI=1S/C17H24N2OS/c1-3-8-20-15-5-4-11-6-7-17(2,18)14-10-12(14)9-13(11)16(15)21-19/h3-5,8,12,14H,6-7,9-10,18-19H2,1-2H3/b8-3+. The Morgan fingerprint density at radius 3 is 2.95 bits per heavy atom. The Hall–Kier alpha value is -0.970. The van der Waals surface area contributed by atoms with Crippen molar-refractivity contribution in [3.63, 3.8) is 0 Å². The van der Waals surface area contributed by atoms with Crippen molar-refractivity contribution in [2.45, 2.75) is 50.0 Å². The number of benzene rings is 1. The molecule has 114 valence electrons. The van der Waals surface area contributed by atoms with Crippen molar-refractivity contribution in [3.8, 4) is 5.75 Å². The van der Waals surface area contributed by atoms with Crippen molar-refractivity contribution in [2.75, 3.05) is 0 Å². The van der Waals surface area contributed by atoms with E-state index < -0.39 is 0 Å². The Morgan fingerprint density at radius 2 is 2.24 bits per heavy atom. The molecule has 0 amide bonds. The Kier molecular flexibility index (Phi) is 4.04. The smallest absolute Gasteiger partial charge is 0.141 e. The van der Waals surface area contributed by atoms with Crippen molar-refractivity contribution in [2.24, 2.45) is 22.7 Å². The van der Waals surface area contributed by atoms with E-state index in [4.69, 9.17) is 15.6 Å². The zero-order valence-electron chi connectivity index (χ0n) is 12.8. The van der Waals surface area contributed by atoms with Crippen LogP contribution in [0.2, 0.25) is 0 Å². The molecule has 4 N–H and O–H groups in total. The fourth-order valence-corrected chi connectivity index (χ4v) is 4.19. The Bertz CT molecular complexity index is 568. The van der Waals surface area contributed by atoms with E-state index in [9.17, 15) is 0 Å². The molecule has 0 aromatic heterocycles. The van der Waals surface area contributed by atoms with E-state index in [1.807, 2.05) is 19.1 Å². The van der Waals surface area contributed by atoms with Crippen molar-refractivity contribution >= 4 is 11.9 Å². The molecular weight excluding hydrogens is 280 g/mol. The molecule has 3 unspecified atom stereocenters. The molecule has 4 heteroatoms. The van der Waals surface area contributed by atoms with E-state index in [-0.39, 0.29) is 5.54 Å². The summed E-state index contributed by atoms with van der Waals surface area (Å²) in [6.07, 6.45) is 8.01. The van der Waals surface area contributed by atoms with Crippen LogP contribution in [0, 0.1) is 11.8 Å². The van der Waals surface area contributed by atoms with Crippen LogP contribution in [0.4, 0.5) is 0 Å². The van der Waals surface area contributed by atoms with Crippen LogP contribution in [0.1, 0.15) is 37.8 Å². The maximum absolute atomic E-state index is 6.49. The lowest BCUT2D eigenvalue weighted by Gasteiger charge is -2.29. The largest absolute Gasteiger partial charge is 0.464 e. The molecule has 1 aromatic rings. The van der Waals surface area contributed by atoms with E-state index in [1.54, 1.807) is 6.26 Å². The minimum Gasteiger partial charge on any atom is -0.464 e. The molecule has 1 fully saturated rings. The van der Waals surface area contributed by atoms with E-state index >= 15 is 0 Å². The maximum Gasteiger partial charge on any atom is 0.141 e. The number of rotatable bonds is 3. The molecule has 0 saturated heterocycles. The first-order valence-electron chi connectivity index (χ1n) is 7.65. The van der Waals surface area contributed by atoms with Gasteiger partial charge in [0.2, 0.25) is 0 Å². The molecule has 2 aliphatic carbocycles. The molecule has 2 aliphatic rings. The van der Waals surface area contributed by atoms with Gasteiger partial charge in [0.25, 0.3) is 0 Å². The quantitative estimate of drug-likeness (QED) is 0.663. The molecule has 3 atom stereocenters. The minimum atomic E-state index is -0.0154. The molecule has 3 rings (SSSR count). The number of ether oxygens (including phenoxy) is 1. The molecule has 1 aromatic carbocycles. The van der Waals surface area contributed by atoms with Gasteiger partial charge < -0.3 is 10.5 Å². The number of hydrogen-bond donors (Lipinski definition) is 2. The van der Waals surface area contributed by atoms with Crippen molar-refractivity contribution in [3.05, 3.63) is 35.6 Å². The summed E-state index contributed by atoms with van der Waals surface area (Å²) in [4.78, 5) is 1.09. The second-order valence-corrected chi connectivity index (χ2v) is 7.19. The number of nitrogens with two attached hydrogens (primary N) is 2. The first-order valence-corrected chi connectivity index (χ1v) is 8.53. The van der Waals surface area contributed by atoms with Crippen LogP contribution in [0.25, 0.3) is 0 Å². The lowest BCUT2D eigenvalue weighted by Crippen LogP contribution is -2.40. The van der Waals surface area contributed by atoms with Crippen LogP contribution in [0.15, 0.2) is 29.4 Å². The molecule has 0 bridgehead atoms. The van der Waals surface area contributed by atoms with Gasteiger partial charge in [0.05, 0.1) is 11.2 Å². The van der Waals surface area contributed by atoms with Crippen LogP contribution in [0.3, 0.4) is 0 Å². The van der Waals surface area contributed by atoms with Crippen molar-refractivity contribution in [1.29, 1.82) is 0 Å². The molecule has 0 aliphatic heterocycles. The Morgan fingerprint density at radius 1 is 1.43 bits per heavy atom. The van der Waals surface area contributed by atoms with Crippen LogP contribution >= 0.6 is 11.9 Å². The van der Waals surface area contributed by atoms with Gasteiger partial charge in [-0.2, -0.15) is 0 Å². The number of aryl methyl sites for hydroxylation is 1. The van der Waals surface area contributed by atoms with Gasteiger partial charge in [0, 0.05) is 5.54 Å². The third kappa shape index (κ3) is 2.85. The second kappa shape index (κ2) is 5.67. The van der Waals surface area contributed by atoms with Crippen LogP contribution in [-0.2, 0) is 12.8 Å². The third-order valence-corrected chi connectivity index (χ3v) is 5.62. The van der Waals surface area contributed by atoms with Gasteiger partial charge in [0.15, 0.2) is 0 Å². The average molecular weight is 304 g/mol. The van der Waals surface area contributed by atoms with Crippen LogP contribution in [0.5, 0.6) is 5.75 Å². The third-order valence-electron chi connectivity index (χ3n) is 4.94. The summed E-state index contributed by atoms with van der Waals surface area (Å²) < 4.78 is 5.70. The highest BCUT2D eigenvalue weighted by Gasteiger charge is 2.48.